The zero-order chi connectivity index (χ0) is 37.1. The highest BCUT2D eigenvalue weighted by atomic mass is 15.3. The van der Waals surface area contributed by atoms with Gasteiger partial charge in [0, 0.05) is 130 Å². The summed E-state index contributed by atoms with van der Waals surface area (Å²) in [5.41, 5.74) is 0. The maximum absolute atomic E-state index is 3.63. The standard InChI is InChI=1S/2C9H18N2.2C9H17N.C8H16N2/c1-7(2)11-5-8-3-4-9(6-11)10-8;1-7(2)11-8-3-4-9(11)6-10-5-8;1-7(2)10-6-8-3-4-9(10)5-8;1-7(2)10-8-3-4-9(10)6-5-8;1-6(2)10-4-7-3-8(5-10)9-7/h2*7-10H,3-6H2,1-2H3;2*7-9H,3-6H2,1-2H3;6-9H,3-5H2,1-2H3. The van der Waals surface area contributed by atoms with Crippen molar-refractivity contribution in [1.82, 2.24) is 40.4 Å². The van der Waals surface area contributed by atoms with Gasteiger partial charge >= 0.3 is 0 Å². The number of fused-ring (bicyclic) bond motifs is 10. The third-order valence-electron chi connectivity index (χ3n) is 14.9. The number of piperidine rings is 2. The lowest BCUT2D eigenvalue weighted by atomic mass is 9.90. The molecule has 11 rings (SSSR count). The van der Waals surface area contributed by atoms with Crippen LogP contribution in [0.1, 0.15) is 146 Å². The molecule has 0 aromatic carbocycles. The van der Waals surface area contributed by atoms with E-state index in [0.29, 0.717) is 0 Å². The molecular formula is C44H86N8. The molecule has 11 fully saturated rings. The van der Waals surface area contributed by atoms with Gasteiger partial charge < -0.3 is 16.0 Å². The summed E-state index contributed by atoms with van der Waals surface area (Å²) in [4.78, 5) is 13.2. The van der Waals surface area contributed by atoms with Gasteiger partial charge in [-0.1, -0.05) is 0 Å². The first kappa shape index (κ1) is 41.3. The van der Waals surface area contributed by atoms with E-state index in [0.717, 1.165) is 90.5 Å². The Morgan fingerprint density at radius 1 is 0.385 bits per heavy atom. The molecule has 8 heteroatoms. The van der Waals surface area contributed by atoms with Gasteiger partial charge in [-0.05, 0) is 152 Å². The lowest BCUT2D eigenvalue weighted by Crippen LogP contribution is -2.67. The van der Waals surface area contributed by atoms with Crippen molar-refractivity contribution in [2.45, 2.75) is 231 Å². The van der Waals surface area contributed by atoms with Crippen molar-refractivity contribution >= 4 is 0 Å². The summed E-state index contributed by atoms with van der Waals surface area (Å²) in [6.07, 6.45) is 17.4. The number of nitrogens with zero attached hydrogens (tertiary/aromatic N) is 5. The molecule has 10 aliphatic heterocycles. The van der Waals surface area contributed by atoms with Crippen LogP contribution in [-0.2, 0) is 0 Å². The fourth-order valence-corrected chi connectivity index (χ4v) is 12.3. The van der Waals surface area contributed by atoms with Crippen molar-refractivity contribution in [2.24, 2.45) is 5.92 Å². The minimum absolute atomic E-state index is 0.736. The zero-order valence-corrected chi connectivity index (χ0v) is 35.8. The highest BCUT2D eigenvalue weighted by Gasteiger charge is 2.41. The molecule has 0 amide bonds. The third-order valence-corrected chi connectivity index (χ3v) is 14.9. The van der Waals surface area contributed by atoms with E-state index < -0.39 is 0 Å². The second-order valence-electron chi connectivity index (χ2n) is 20.2. The van der Waals surface area contributed by atoms with Crippen LogP contribution in [0.2, 0.25) is 0 Å². The Morgan fingerprint density at radius 3 is 1.12 bits per heavy atom. The molecule has 10 bridgehead atoms. The molecule has 0 aromatic heterocycles. The van der Waals surface area contributed by atoms with Gasteiger partial charge in [0.25, 0.3) is 0 Å². The number of nitrogens with one attached hydrogen (secondary N) is 3. The van der Waals surface area contributed by atoms with E-state index in [1.54, 1.807) is 0 Å². The molecule has 1 aliphatic carbocycles. The van der Waals surface area contributed by atoms with Crippen LogP contribution in [0, 0.1) is 5.92 Å². The van der Waals surface area contributed by atoms with E-state index in [4.69, 9.17) is 0 Å². The SMILES string of the molecule is CC(C)N1C2CCC1CC2.CC(C)N1C2CCC1CNC2.CC(C)N1CC2CC(C1)N2.CC(C)N1CC2CCC(C1)N2.CC(C)N1CC2CCC1C2. The monoisotopic (exact) mass is 727 g/mol. The van der Waals surface area contributed by atoms with Crippen molar-refractivity contribution in [3.05, 3.63) is 0 Å². The Hall–Kier alpha value is -0.320. The van der Waals surface area contributed by atoms with Crippen LogP contribution in [0.3, 0.4) is 0 Å². The Balaban J connectivity index is 0.000000112. The fourth-order valence-electron chi connectivity index (χ4n) is 12.3. The molecule has 1 saturated carbocycles. The van der Waals surface area contributed by atoms with Crippen LogP contribution in [-0.4, -0.2) is 155 Å². The first-order chi connectivity index (χ1) is 24.9. The number of hydrogen-bond donors (Lipinski definition) is 3. The van der Waals surface area contributed by atoms with E-state index in [2.05, 4.69) is 110 Å². The maximum Gasteiger partial charge on any atom is 0.0227 e. The molecule has 52 heavy (non-hydrogen) atoms. The highest BCUT2D eigenvalue weighted by Crippen LogP contribution is 2.39. The van der Waals surface area contributed by atoms with E-state index in [-0.39, 0.29) is 0 Å². The topological polar surface area (TPSA) is 52.3 Å². The smallest absolute Gasteiger partial charge is 0.0227 e. The summed E-state index contributed by atoms with van der Waals surface area (Å²) in [6, 6.07) is 11.6. The summed E-state index contributed by atoms with van der Waals surface area (Å²) < 4.78 is 0. The average Bonchev–Trinajstić information content (AvgIpc) is 3.98. The second-order valence-corrected chi connectivity index (χ2v) is 20.2. The number of rotatable bonds is 5. The van der Waals surface area contributed by atoms with Gasteiger partial charge in [0.2, 0.25) is 0 Å². The molecule has 11 aliphatic rings. The molecule has 8 nitrogen and oxygen atoms in total. The van der Waals surface area contributed by atoms with Gasteiger partial charge in [0.05, 0.1) is 0 Å². The van der Waals surface area contributed by atoms with Gasteiger partial charge in [-0.25, -0.2) is 0 Å². The minimum atomic E-state index is 0.736. The predicted octanol–water partition coefficient (Wildman–Crippen LogP) is 6.00. The average molecular weight is 727 g/mol. The van der Waals surface area contributed by atoms with Crippen molar-refractivity contribution in [2.75, 3.05) is 45.8 Å². The Morgan fingerprint density at radius 2 is 0.788 bits per heavy atom. The van der Waals surface area contributed by atoms with Crippen LogP contribution in [0.25, 0.3) is 0 Å². The minimum Gasteiger partial charge on any atom is -0.314 e. The predicted molar refractivity (Wildman–Crippen MR) is 221 cm³/mol. The number of likely N-dealkylation sites (tertiary alicyclic amines) is 2. The van der Waals surface area contributed by atoms with Crippen LogP contribution in [0.5, 0.6) is 0 Å². The summed E-state index contributed by atoms with van der Waals surface area (Å²) in [5, 5.41) is 10.6. The highest BCUT2D eigenvalue weighted by molar-refractivity contribution is 4.99. The largest absolute Gasteiger partial charge is 0.314 e. The molecule has 8 atom stereocenters. The van der Waals surface area contributed by atoms with Crippen LogP contribution >= 0.6 is 0 Å². The summed E-state index contributed by atoms with van der Waals surface area (Å²) >= 11 is 0. The maximum atomic E-state index is 3.63. The van der Waals surface area contributed by atoms with Gasteiger partial charge in [-0.3, -0.25) is 24.5 Å². The van der Waals surface area contributed by atoms with E-state index in [1.165, 1.54) is 123 Å². The van der Waals surface area contributed by atoms with Gasteiger partial charge in [-0.15, -0.1) is 0 Å². The molecular weight excluding hydrogens is 641 g/mol. The number of hydrogen-bond acceptors (Lipinski definition) is 8. The van der Waals surface area contributed by atoms with E-state index in [1.807, 2.05) is 0 Å². The molecule has 8 unspecified atom stereocenters. The Labute approximate surface area is 322 Å². The van der Waals surface area contributed by atoms with Gasteiger partial charge in [0.1, 0.15) is 0 Å². The third kappa shape index (κ3) is 10.3. The first-order valence-electron chi connectivity index (χ1n) is 22.9. The second kappa shape index (κ2) is 18.7. The zero-order valence-electron chi connectivity index (χ0n) is 35.8. The fraction of sp³-hybridized carbons (Fsp3) is 1.00. The lowest BCUT2D eigenvalue weighted by molar-refractivity contribution is 0.0563. The Bertz CT molecular complexity index is 1000. The van der Waals surface area contributed by atoms with Crippen molar-refractivity contribution < 1.29 is 0 Å². The van der Waals surface area contributed by atoms with Gasteiger partial charge in [-0.2, -0.15) is 0 Å². The molecule has 302 valence electrons. The quantitative estimate of drug-likeness (QED) is 0.319. The summed E-state index contributed by atoms with van der Waals surface area (Å²) in [7, 11) is 0. The van der Waals surface area contributed by atoms with Crippen molar-refractivity contribution in [3.63, 3.8) is 0 Å². The summed E-state index contributed by atoms with van der Waals surface area (Å²) in [6.45, 7) is 32.0. The molecule has 0 radical (unpaired) electrons. The first-order valence-corrected chi connectivity index (χ1v) is 22.9. The molecule has 3 N–H and O–H groups in total. The van der Waals surface area contributed by atoms with Crippen LogP contribution < -0.4 is 16.0 Å². The molecule has 10 saturated heterocycles. The molecule has 0 spiro atoms. The lowest BCUT2D eigenvalue weighted by Gasteiger charge is -2.49. The number of piperazine rings is 3. The molecule has 0 aromatic rings. The Kier molecular flexibility index (Phi) is 14.9. The normalized spacial score (nSPS) is 39.3. The van der Waals surface area contributed by atoms with Crippen LogP contribution in [0.4, 0.5) is 0 Å². The van der Waals surface area contributed by atoms with Crippen LogP contribution in [0.15, 0.2) is 0 Å². The molecule has 10 heterocycles. The van der Waals surface area contributed by atoms with Gasteiger partial charge in [0.15, 0.2) is 0 Å². The van der Waals surface area contributed by atoms with E-state index >= 15 is 0 Å². The van der Waals surface area contributed by atoms with Crippen molar-refractivity contribution in [3.8, 4) is 0 Å². The van der Waals surface area contributed by atoms with Crippen molar-refractivity contribution in [1.29, 1.82) is 0 Å². The van der Waals surface area contributed by atoms with E-state index in [9.17, 15) is 0 Å². The summed E-state index contributed by atoms with van der Waals surface area (Å²) in [5.74, 6) is 1.06.